The minimum absolute atomic E-state index is 0.388. The number of hydrogen-bond acceptors (Lipinski definition) is 4. The first kappa shape index (κ1) is 18.9. The van der Waals surface area contributed by atoms with Crippen LogP contribution in [0, 0.1) is 11.3 Å². The average molecular weight is 353 g/mol. The van der Waals surface area contributed by atoms with Crippen molar-refractivity contribution in [2.75, 3.05) is 65.7 Å². The number of hydrogen-bond donors (Lipinski definition) is 1. The maximum absolute atomic E-state index is 5.68. The first-order valence-corrected chi connectivity index (χ1v) is 10.0. The van der Waals surface area contributed by atoms with Crippen molar-refractivity contribution in [3.63, 3.8) is 0 Å². The molecule has 3 saturated heterocycles. The molecule has 6 nitrogen and oxygen atoms in total. The number of guanidine groups is 1. The first-order valence-electron chi connectivity index (χ1n) is 10.0. The summed E-state index contributed by atoms with van der Waals surface area (Å²) in [5.74, 6) is 1.69. The SMILES string of the molecule is CCNC(=NCC(C1CCOC1)N1CCOCC1)N1CCC(C)(C)C1. The summed E-state index contributed by atoms with van der Waals surface area (Å²) in [6.45, 7) is 16.3. The summed E-state index contributed by atoms with van der Waals surface area (Å²) >= 11 is 0. The lowest BCUT2D eigenvalue weighted by molar-refractivity contribution is 0.00364. The largest absolute Gasteiger partial charge is 0.381 e. The van der Waals surface area contributed by atoms with Crippen LogP contribution in [-0.2, 0) is 9.47 Å². The molecule has 0 spiro atoms. The Morgan fingerprint density at radius 2 is 2.00 bits per heavy atom. The van der Waals surface area contributed by atoms with Gasteiger partial charge in [-0.1, -0.05) is 13.8 Å². The molecule has 0 aromatic rings. The van der Waals surface area contributed by atoms with E-state index in [-0.39, 0.29) is 0 Å². The molecule has 1 N–H and O–H groups in total. The third-order valence-corrected chi connectivity index (χ3v) is 5.76. The van der Waals surface area contributed by atoms with E-state index in [1.165, 1.54) is 6.42 Å². The zero-order chi connectivity index (χ0) is 17.7. The first-order chi connectivity index (χ1) is 12.1. The molecule has 3 aliphatic heterocycles. The third kappa shape index (κ3) is 5.08. The monoisotopic (exact) mass is 352 g/mol. The van der Waals surface area contributed by atoms with Crippen LogP contribution in [0.15, 0.2) is 4.99 Å². The predicted molar refractivity (Wildman–Crippen MR) is 101 cm³/mol. The van der Waals surface area contributed by atoms with Crippen molar-refractivity contribution in [1.82, 2.24) is 15.1 Å². The van der Waals surface area contributed by atoms with Gasteiger partial charge in [0, 0.05) is 51.3 Å². The van der Waals surface area contributed by atoms with Gasteiger partial charge in [0.2, 0.25) is 0 Å². The van der Waals surface area contributed by atoms with Gasteiger partial charge < -0.3 is 19.7 Å². The molecular weight excluding hydrogens is 316 g/mol. The topological polar surface area (TPSA) is 49.3 Å². The van der Waals surface area contributed by atoms with Crippen molar-refractivity contribution in [3.8, 4) is 0 Å². The van der Waals surface area contributed by atoms with Gasteiger partial charge in [-0.15, -0.1) is 0 Å². The van der Waals surface area contributed by atoms with Crippen LogP contribution < -0.4 is 5.32 Å². The highest BCUT2D eigenvalue weighted by atomic mass is 16.5. The number of ether oxygens (including phenoxy) is 2. The van der Waals surface area contributed by atoms with Crippen LogP contribution in [-0.4, -0.2) is 87.5 Å². The molecule has 144 valence electrons. The molecule has 25 heavy (non-hydrogen) atoms. The summed E-state index contributed by atoms with van der Waals surface area (Å²) in [6.07, 6.45) is 2.39. The van der Waals surface area contributed by atoms with Gasteiger partial charge in [-0.25, -0.2) is 0 Å². The molecule has 2 atom stereocenters. The number of aliphatic imine (C=N–C) groups is 1. The normalized spacial score (nSPS) is 29.2. The average Bonchev–Trinajstić information content (AvgIpc) is 3.25. The Kier molecular flexibility index (Phi) is 6.58. The lowest BCUT2D eigenvalue weighted by atomic mass is 9.93. The Hall–Kier alpha value is -0.850. The smallest absolute Gasteiger partial charge is 0.193 e. The highest BCUT2D eigenvalue weighted by molar-refractivity contribution is 5.80. The Bertz CT molecular complexity index is 443. The molecule has 0 saturated carbocycles. The fourth-order valence-electron chi connectivity index (χ4n) is 4.23. The Morgan fingerprint density at radius 3 is 2.60 bits per heavy atom. The van der Waals surface area contributed by atoms with Gasteiger partial charge in [-0.05, 0) is 25.2 Å². The van der Waals surface area contributed by atoms with Crippen molar-refractivity contribution in [2.45, 2.75) is 39.7 Å². The summed E-state index contributed by atoms with van der Waals surface area (Å²) in [5.41, 5.74) is 0.388. The molecular formula is C19H36N4O2. The second kappa shape index (κ2) is 8.69. The van der Waals surface area contributed by atoms with E-state index in [4.69, 9.17) is 14.5 Å². The van der Waals surface area contributed by atoms with E-state index in [0.717, 1.165) is 78.1 Å². The molecule has 0 aromatic carbocycles. The van der Waals surface area contributed by atoms with Crippen LogP contribution in [0.5, 0.6) is 0 Å². The van der Waals surface area contributed by atoms with Crippen molar-refractivity contribution in [1.29, 1.82) is 0 Å². The number of nitrogens with one attached hydrogen (secondary N) is 1. The Balaban J connectivity index is 1.68. The van der Waals surface area contributed by atoms with Crippen LogP contribution in [0.1, 0.15) is 33.6 Å². The van der Waals surface area contributed by atoms with E-state index in [2.05, 4.69) is 35.9 Å². The van der Waals surface area contributed by atoms with E-state index >= 15 is 0 Å². The third-order valence-electron chi connectivity index (χ3n) is 5.76. The summed E-state index contributed by atoms with van der Waals surface area (Å²) < 4.78 is 11.2. The second-order valence-electron chi connectivity index (χ2n) is 8.37. The molecule has 3 heterocycles. The maximum atomic E-state index is 5.68. The van der Waals surface area contributed by atoms with Crippen molar-refractivity contribution < 1.29 is 9.47 Å². The molecule has 3 fully saturated rings. The van der Waals surface area contributed by atoms with Crippen LogP contribution in [0.4, 0.5) is 0 Å². The van der Waals surface area contributed by atoms with E-state index < -0.39 is 0 Å². The lowest BCUT2D eigenvalue weighted by Crippen LogP contribution is -2.49. The summed E-state index contributed by atoms with van der Waals surface area (Å²) in [4.78, 5) is 10.1. The van der Waals surface area contributed by atoms with E-state index in [1.807, 2.05) is 0 Å². The number of likely N-dealkylation sites (tertiary alicyclic amines) is 1. The summed E-state index contributed by atoms with van der Waals surface area (Å²) in [5, 5.41) is 3.51. The van der Waals surface area contributed by atoms with Crippen molar-refractivity contribution in [3.05, 3.63) is 0 Å². The van der Waals surface area contributed by atoms with Gasteiger partial charge in [0.15, 0.2) is 5.96 Å². The van der Waals surface area contributed by atoms with Gasteiger partial charge in [0.25, 0.3) is 0 Å². The molecule has 3 aliphatic rings. The van der Waals surface area contributed by atoms with Gasteiger partial charge in [0.05, 0.1) is 26.4 Å². The number of morpholine rings is 1. The van der Waals surface area contributed by atoms with Crippen LogP contribution in [0.25, 0.3) is 0 Å². The van der Waals surface area contributed by atoms with Gasteiger partial charge in [-0.3, -0.25) is 9.89 Å². The summed E-state index contributed by atoms with van der Waals surface area (Å²) in [7, 11) is 0. The molecule has 0 aromatic heterocycles. The zero-order valence-corrected chi connectivity index (χ0v) is 16.3. The Labute approximate surface area is 152 Å². The second-order valence-corrected chi connectivity index (χ2v) is 8.37. The number of nitrogens with zero attached hydrogens (tertiary/aromatic N) is 3. The van der Waals surface area contributed by atoms with Crippen LogP contribution in [0.3, 0.4) is 0 Å². The van der Waals surface area contributed by atoms with Gasteiger partial charge >= 0.3 is 0 Å². The van der Waals surface area contributed by atoms with E-state index in [0.29, 0.717) is 17.4 Å². The Morgan fingerprint density at radius 1 is 1.20 bits per heavy atom. The van der Waals surface area contributed by atoms with Crippen molar-refractivity contribution in [2.24, 2.45) is 16.3 Å². The van der Waals surface area contributed by atoms with E-state index in [1.54, 1.807) is 0 Å². The van der Waals surface area contributed by atoms with Gasteiger partial charge in [-0.2, -0.15) is 0 Å². The van der Waals surface area contributed by atoms with Gasteiger partial charge in [0.1, 0.15) is 0 Å². The van der Waals surface area contributed by atoms with E-state index in [9.17, 15) is 0 Å². The zero-order valence-electron chi connectivity index (χ0n) is 16.3. The molecule has 0 radical (unpaired) electrons. The number of rotatable bonds is 5. The van der Waals surface area contributed by atoms with Crippen LogP contribution in [0.2, 0.25) is 0 Å². The molecule has 0 bridgehead atoms. The highest BCUT2D eigenvalue weighted by Gasteiger charge is 2.33. The molecule has 3 rings (SSSR count). The lowest BCUT2D eigenvalue weighted by Gasteiger charge is -2.37. The fraction of sp³-hybridized carbons (Fsp3) is 0.947. The molecule has 0 aliphatic carbocycles. The molecule has 2 unspecified atom stereocenters. The summed E-state index contributed by atoms with van der Waals surface area (Å²) in [6, 6.07) is 0.468. The quantitative estimate of drug-likeness (QED) is 0.599. The highest BCUT2D eigenvalue weighted by Crippen LogP contribution is 2.29. The standard InChI is InChI=1S/C19H36N4O2/c1-4-20-18(23-7-6-19(2,3)15-23)21-13-17(16-5-10-25-14-16)22-8-11-24-12-9-22/h16-17H,4-15H2,1-3H3,(H,20,21). The fourth-order valence-corrected chi connectivity index (χ4v) is 4.23. The minimum Gasteiger partial charge on any atom is -0.381 e. The molecule has 0 amide bonds. The van der Waals surface area contributed by atoms with Crippen LogP contribution >= 0.6 is 0 Å². The maximum Gasteiger partial charge on any atom is 0.193 e. The molecule has 6 heteroatoms. The predicted octanol–water partition coefficient (Wildman–Crippen LogP) is 1.42. The minimum atomic E-state index is 0.388. The van der Waals surface area contributed by atoms with Crippen molar-refractivity contribution >= 4 is 5.96 Å².